The van der Waals surface area contributed by atoms with Crippen molar-refractivity contribution in [3.05, 3.63) is 69.6 Å². The number of furan rings is 1. The van der Waals surface area contributed by atoms with Gasteiger partial charge in [0.1, 0.15) is 0 Å². The molecule has 2 N–H and O–H groups in total. The average molecular weight is 390 g/mol. The fourth-order valence-electron chi connectivity index (χ4n) is 2.30. The molecule has 134 valence electrons. The van der Waals surface area contributed by atoms with Gasteiger partial charge in [0.2, 0.25) is 5.91 Å². The van der Waals surface area contributed by atoms with E-state index in [2.05, 4.69) is 15.6 Å². The monoisotopic (exact) mass is 389 g/mol. The Hall–Kier alpha value is -2.64. The summed E-state index contributed by atoms with van der Waals surface area (Å²) in [6, 6.07) is 9.02. The van der Waals surface area contributed by atoms with Crippen LogP contribution in [0.15, 0.2) is 47.2 Å². The van der Waals surface area contributed by atoms with Crippen molar-refractivity contribution in [2.24, 2.45) is 0 Å². The van der Waals surface area contributed by atoms with Gasteiger partial charge in [-0.1, -0.05) is 29.8 Å². The number of anilines is 1. The Morgan fingerprint density at radius 3 is 2.88 bits per heavy atom. The molecule has 2 heterocycles. The molecule has 0 bridgehead atoms. The highest BCUT2D eigenvalue weighted by atomic mass is 35.5. The van der Waals surface area contributed by atoms with E-state index >= 15 is 0 Å². The first kappa shape index (κ1) is 18.2. The molecule has 2 aromatic heterocycles. The zero-order valence-electron chi connectivity index (χ0n) is 13.9. The number of amides is 2. The zero-order valence-corrected chi connectivity index (χ0v) is 15.5. The first-order chi connectivity index (χ1) is 12.5. The minimum absolute atomic E-state index is 0.157. The number of aryl methyl sites for hydroxylation is 1. The van der Waals surface area contributed by atoms with E-state index in [0.29, 0.717) is 11.6 Å². The summed E-state index contributed by atoms with van der Waals surface area (Å²) in [5.41, 5.74) is 2.04. The second-order valence-electron chi connectivity index (χ2n) is 5.56. The van der Waals surface area contributed by atoms with Crippen LogP contribution in [0.3, 0.4) is 0 Å². The number of thiazole rings is 1. The molecule has 3 aromatic rings. The van der Waals surface area contributed by atoms with Crippen LogP contribution < -0.4 is 10.6 Å². The van der Waals surface area contributed by atoms with Crippen molar-refractivity contribution >= 4 is 39.9 Å². The lowest BCUT2D eigenvalue weighted by Gasteiger charge is -2.05. The maximum absolute atomic E-state index is 11.9. The lowest BCUT2D eigenvalue weighted by molar-refractivity contribution is -0.115. The molecule has 0 atom stereocenters. The van der Waals surface area contributed by atoms with E-state index in [0.717, 1.165) is 21.0 Å². The quantitative estimate of drug-likeness (QED) is 0.673. The molecule has 0 saturated heterocycles. The Bertz CT molecular complexity index is 922. The van der Waals surface area contributed by atoms with Crippen LogP contribution in [0, 0.1) is 6.92 Å². The highest BCUT2D eigenvalue weighted by Crippen LogP contribution is 2.26. The summed E-state index contributed by atoms with van der Waals surface area (Å²) in [4.78, 5) is 28.8. The summed E-state index contributed by atoms with van der Waals surface area (Å²) in [6.07, 6.45) is 3.75. The number of carbonyl (C=O) groups is 2. The van der Waals surface area contributed by atoms with E-state index in [4.69, 9.17) is 16.0 Å². The van der Waals surface area contributed by atoms with Crippen LogP contribution in [0.25, 0.3) is 0 Å². The maximum Gasteiger partial charge on any atom is 0.287 e. The fraction of sp³-hybridized carbons (Fsp3) is 0.167. The largest absolute Gasteiger partial charge is 0.459 e. The molecule has 0 fully saturated rings. The summed E-state index contributed by atoms with van der Waals surface area (Å²) in [6.45, 7) is 1.79. The minimum atomic E-state index is -0.445. The first-order valence-electron chi connectivity index (χ1n) is 7.83. The number of nitrogens with zero attached hydrogens (tertiary/aromatic N) is 1. The van der Waals surface area contributed by atoms with Crippen LogP contribution in [-0.4, -0.2) is 23.3 Å². The molecule has 0 aliphatic heterocycles. The van der Waals surface area contributed by atoms with Gasteiger partial charge in [-0.25, -0.2) is 4.98 Å². The maximum atomic E-state index is 11.9. The summed E-state index contributed by atoms with van der Waals surface area (Å²) in [7, 11) is 0. The number of hydrogen-bond donors (Lipinski definition) is 2. The van der Waals surface area contributed by atoms with Gasteiger partial charge >= 0.3 is 0 Å². The summed E-state index contributed by atoms with van der Waals surface area (Å²) in [5.74, 6) is -0.650. The van der Waals surface area contributed by atoms with E-state index in [1.54, 1.807) is 12.3 Å². The molecule has 0 radical (unpaired) electrons. The molecule has 0 unspecified atom stereocenters. The summed E-state index contributed by atoms with van der Waals surface area (Å²) < 4.78 is 4.96. The van der Waals surface area contributed by atoms with E-state index in [1.807, 2.05) is 25.1 Å². The zero-order chi connectivity index (χ0) is 18.5. The van der Waals surface area contributed by atoms with Crippen molar-refractivity contribution in [1.82, 2.24) is 10.3 Å². The van der Waals surface area contributed by atoms with Crippen molar-refractivity contribution in [2.75, 3.05) is 11.9 Å². The third kappa shape index (κ3) is 4.50. The highest BCUT2D eigenvalue weighted by molar-refractivity contribution is 7.15. The normalized spacial score (nSPS) is 10.5. The minimum Gasteiger partial charge on any atom is -0.459 e. The van der Waals surface area contributed by atoms with Gasteiger partial charge in [0.25, 0.3) is 5.91 Å². The number of nitrogens with one attached hydrogen (secondary N) is 2. The topological polar surface area (TPSA) is 84.2 Å². The van der Waals surface area contributed by atoms with Crippen LogP contribution in [0.1, 0.15) is 26.6 Å². The Balaban J connectivity index is 1.54. The SMILES string of the molecule is Cc1cccc(Cc2cnc(NC(=O)CNC(=O)c3ccco3)s2)c1Cl. The number of hydrogen-bond acceptors (Lipinski definition) is 5. The third-order valence-electron chi connectivity index (χ3n) is 3.59. The third-order valence-corrected chi connectivity index (χ3v) is 5.04. The van der Waals surface area contributed by atoms with Gasteiger partial charge in [0, 0.05) is 22.5 Å². The fourth-order valence-corrected chi connectivity index (χ4v) is 3.34. The second kappa shape index (κ2) is 8.16. The molecule has 6 nitrogen and oxygen atoms in total. The molecular weight excluding hydrogens is 374 g/mol. The van der Waals surface area contributed by atoms with Gasteiger partial charge in [0.05, 0.1) is 12.8 Å². The molecule has 0 spiro atoms. The van der Waals surface area contributed by atoms with Crippen molar-refractivity contribution < 1.29 is 14.0 Å². The van der Waals surface area contributed by atoms with Crippen LogP contribution in [0.2, 0.25) is 5.02 Å². The lowest BCUT2D eigenvalue weighted by atomic mass is 10.1. The van der Waals surface area contributed by atoms with Gasteiger partial charge in [-0.15, -0.1) is 11.3 Å². The van der Waals surface area contributed by atoms with Crippen molar-refractivity contribution in [2.45, 2.75) is 13.3 Å². The number of carbonyl (C=O) groups excluding carboxylic acids is 2. The summed E-state index contributed by atoms with van der Waals surface area (Å²) >= 11 is 7.68. The number of halogens is 1. The van der Waals surface area contributed by atoms with E-state index in [-0.39, 0.29) is 18.2 Å². The molecule has 3 rings (SSSR count). The van der Waals surface area contributed by atoms with Gasteiger partial charge in [0.15, 0.2) is 10.9 Å². The number of rotatable bonds is 6. The predicted octanol–water partition coefficient (Wildman–Crippen LogP) is 3.66. The molecule has 0 aliphatic carbocycles. The summed E-state index contributed by atoms with van der Waals surface area (Å²) in [5, 5.41) is 6.36. The second-order valence-corrected chi connectivity index (χ2v) is 7.06. The molecule has 26 heavy (non-hydrogen) atoms. The Kier molecular flexibility index (Phi) is 5.70. The highest BCUT2D eigenvalue weighted by Gasteiger charge is 2.12. The Morgan fingerprint density at radius 1 is 1.27 bits per heavy atom. The van der Waals surface area contributed by atoms with Crippen molar-refractivity contribution in [3.8, 4) is 0 Å². The first-order valence-corrected chi connectivity index (χ1v) is 9.02. The predicted molar refractivity (Wildman–Crippen MR) is 101 cm³/mol. The van der Waals surface area contributed by atoms with E-state index < -0.39 is 5.91 Å². The molecule has 8 heteroatoms. The van der Waals surface area contributed by atoms with Crippen LogP contribution >= 0.6 is 22.9 Å². The molecule has 1 aromatic carbocycles. The Morgan fingerprint density at radius 2 is 2.12 bits per heavy atom. The molecule has 0 saturated carbocycles. The average Bonchev–Trinajstić information content (AvgIpc) is 3.29. The van der Waals surface area contributed by atoms with Gasteiger partial charge in [-0.2, -0.15) is 0 Å². The van der Waals surface area contributed by atoms with Crippen LogP contribution in [-0.2, 0) is 11.2 Å². The van der Waals surface area contributed by atoms with E-state index in [1.165, 1.54) is 23.7 Å². The van der Waals surface area contributed by atoms with Crippen molar-refractivity contribution in [1.29, 1.82) is 0 Å². The van der Waals surface area contributed by atoms with Crippen LogP contribution in [0.4, 0.5) is 5.13 Å². The van der Waals surface area contributed by atoms with Gasteiger partial charge in [-0.3, -0.25) is 9.59 Å². The molecule has 0 aliphatic rings. The Labute approximate surface area is 159 Å². The molecular formula is C18H16ClN3O3S. The standard InChI is InChI=1S/C18H16ClN3O3S/c1-11-4-2-5-12(16(11)19)8-13-9-21-18(26-13)22-15(23)10-20-17(24)14-6-3-7-25-14/h2-7,9H,8,10H2,1H3,(H,20,24)(H,21,22,23). The smallest absolute Gasteiger partial charge is 0.287 e. The van der Waals surface area contributed by atoms with Crippen molar-refractivity contribution in [3.63, 3.8) is 0 Å². The molecule has 2 amide bonds. The number of benzene rings is 1. The van der Waals surface area contributed by atoms with E-state index in [9.17, 15) is 9.59 Å². The van der Waals surface area contributed by atoms with Gasteiger partial charge in [-0.05, 0) is 30.2 Å². The lowest BCUT2D eigenvalue weighted by Crippen LogP contribution is -2.32. The van der Waals surface area contributed by atoms with Crippen LogP contribution in [0.5, 0.6) is 0 Å². The number of aromatic nitrogens is 1. The van der Waals surface area contributed by atoms with Gasteiger partial charge < -0.3 is 15.1 Å².